The Hall–Kier alpha value is -1.69. The van der Waals surface area contributed by atoms with Crippen LogP contribution in [-0.4, -0.2) is 24.8 Å². The van der Waals surface area contributed by atoms with Crippen molar-refractivity contribution in [3.63, 3.8) is 0 Å². The molecule has 0 radical (unpaired) electrons. The fraction of sp³-hybridized carbons (Fsp3) is 0.533. The lowest BCUT2D eigenvalue weighted by Gasteiger charge is -2.20. The second-order valence-corrected chi connectivity index (χ2v) is 6.09. The predicted octanol–water partition coefficient (Wildman–Crippen LogP) is 3.11. The Morgan fingerprint density at radius 3 is 2.67 bits per heavy atom. The minimum atomic E-state index is -0.846. The topological polar surface area (TPSA) is 50.9 Å². The van der Waals surface area contributed by atoms with E-state index in [0.29, 0.717) is 13.0 Å². The van der Waals surface area contributed by atoms with Gasteiger partial charge in [-0.2, -0.15) is 0 Å². The van der Waals surface area contributed by atoms with Gasteiger partial charge in [0, 0.05) is 18.5 Å². The number of carbonyl (C=O) groups excluding carboxylic acids is 1. The van der Waals surface area contributed by atoms with Crippen molar-refractivity contribution in [1.82, 2.24) is 5.32 Å². The van der Waals surface area contributed by atoms with E-state index in [0.717, 1.165) is 18.2 Å². The Labute approximate surface area is 122 Å². The summed E-state index contributed by atoms with van der Waals surface area (Å²) < 4.78 is 37.4. The molecule has 1 N–H and O–H groups in total. The smallest absolute Gasteiger partial charge is 0.407 e. The highest BCUT2D eigenvalue weighted by molar-refractivity contribution is 5.67. The highest BCUT2D eigenvalue weighted by Gasteiger charge is 2.48. The summed E-state index contributed by atoms with van der Waals surface area (Å²) in [6.07, 6.45) is -0.190. The maximum Gasteiger partial charge on any atom is 0.407 e. The molecule has 0 bridgehead atoms. The van der Waals surface area contributed by atoms with Crippen LogP contribution in [0.3, 0.4) is 0 Å². The van der Waals surface area contributed by atoms with Crippen molar-refractivity contribution >= 4 is 6.09 Å². The van der Waals surface area contributed by atoms with Gasteiger partial charge in [0.2, 0.25) is 0 Å². The number of nitrogens with one attached hydrogen (secondary N) is 1. The molecule has 6 heteroatoms. The maximum atomic E-state index is 13.8. The molecule has 0 aliphatic carbocycles. The number of epoxide rings is 1. The lowest BCUT2D eigenvalue weighted by molar-refractivity contribution is 0.0523. The number of ether oxygens (including phenoxy) is 2. The van der Waals surface area contributed by atoms with Gasteiger partial charge in [-0.3, -0.25) is 0 Å². The molecule has 1 heterocycles. The lowest BCUT2D eigenvalue weighted by Crippen LogP contribution is -2.34. The summed E-state index contributed by atoms with van der Waals surface area (Å²) in [7, 11) is 0. The fourth-order valence-corrected chi connectivity index (χ4v) is 2.05. The van der Waals surface area contributed by atoms with E-state index in [4.69, 9.17) is 9.47 Å². The molecule has 1 aromatic carbocycles. The summed E-state index contributed by atoms with van der Waals surface area (Å²) in [6.45, 7) is 5.86. The van der Waals surface area contributed by atoms with Crippen molar-refractivity contribution in [2.24, 2.45) is 0 Å². The third kappa shape index (κ3) is 4.14. The van der Waals surface area contributed by atoms with Crippen molar-refractivity contribution in [3.05, 3.63) is 35.4 Å². The normalized spacial score (nSPS) is 21.0. The second-order valence-electron chi connectivity index (χ2n) is 6.09. The highest BCUT2D eigenvalue weighted by Crippen LogP contribution is 2.43. The van der Waals surface area contributed by atoms with Crippen LogP contribution < -0.4 is 5.32 Å². The van der Waals surface area contributed by atoms with E-state index in [1.54, 1.807) is 20.8 Å². The average molecular weight is 299 g/mol. The van der Waals surface area contributed by atoms with Crippen LogP contribution in [0.25, 0.3) is 0 Å². The number of alkyl carbamates (subject to hydrolysis) is 1. The molecule has 1 aliphatic rings. The number of rotatable bonds is 4. The first kappa shape index (κ1) is 15.7. The molecule has 1 unspecified atom stereocenters. The van der Waals surface area contributed by atoms with Gasteiger partial charge >= 0.3 is 6.09 Å². The minimum absolute atomic E-state index is 0.188. The Morgan fingerprint density at radius 2 is 2.10 bits per heavy atom. The van der Waals surface area contributed by atoms with Gasteiger partial charge in [0.25, 0.3) is 0 Å². The molecule has 1 atom stereocenters. The van der Waals surface area contributed by atoms with Crippen LogP contribution in [0.1, 0.15) is 32.8 Å². The molecule has 0 spiro atoms. The molecule has 1 fully saturated rings. The summed E-state index contributed by atoms with van der Waals surface area (Å²) in [5.74, 6) is -1.02. The summed E-state index contributed by atoms with van der Waals surface area (Å²) in [5.41, 5.74) is -1.23. The first-order valence-electron chi connectivity index (χ1n) is 6.78. The number of amides is 1. The number of carbonyl (C=O) groups is 1. The molecule has 1 aromatic rings. The van der Waals surface area contributed by atoms with Crippen LogP contribution in [0.4, 0.5) is 13.6 Å². The van der Waals surface area contributed by atoms with E-state index < -0.39 is 28.9 Å². The second kappa shape index (κ2) is 5.60. The quantitative estimate of drug-likeness (QED) is 0.869. The van der Waals surface area contributed by atoms with E-state index in [1.165, 1.54) is 0 Å². The Kier molecular flexibility index (Phi) is 4.18. The largest absolute Gasteiger partial charge is 0.444 e. The fourth-order valence-electron chi connectivity index (χ4n) is 2.05. The van der Waals surface area contributed by atoms with Gasteiger partial charge in [-0.05, 0) is 39.0 Å². The number of benzene rings is 1. The van der Waals surface area contributed by atoms with Crippen molar-refractivity contribution in [2.45, 2.75) is 38.4 Å². The maximum absolute atomic E-state index is 13.8. The Bertz CT molecular complexity index is 536. The van der Waals surface area contributed by atoms with E-state index >= 15 is 0 Å². The molecule has 1 aliphatic heterocycles. The third-order valence-corrected chi connectivity index (χ3v) is 3.11. The minimum Gasteiger partial charge on any atom is -0.444 e. The van der Waals surface area contributed by atoms with Gasteiger partial charge in [-0.15, -0.1) is 0 Å². The van der Waals surface area contributed by atoms with Crippen LogP contribution in [-0.2, 0) is 15.1 Å². The molecule has 1 saturated heterocycles. The average Bonchev–Trinajstić information content (AvgIpc) is 3.11. The van der Waals surface area contributed by atoms with E-state index in [1.807, 2.05) is 0 Å². The molecule has 116 valence electrons. The van der Waals surface area contributed by atoms with Crippen LogP contribution in [0.15, 0.2) is 18.2 Å². The van der Waals surface area contributed by atoms with Gasteiger partial charge in [-0.1, -0.05) is 0 Å². The molecule has 1 amide bonds. The van der Waals surface area contributed by atoms with Gasteiger partial charge in [0.1, 0.15) is 22.8 Å². The number of hydrogen-bond donors (Lipinski definition) is 1. The summed E-state index contributed by atoms with van der Waals surface area (Å²) >= 11 is 0. The first-order valence-corrected chi connectivity index (χ1v) is 6.78. The number of halogens is 2. The summed E-state index contributed by atoms with van der Waals surface area (Å²) in [6, 6.07) is 3.28. The third-order valence-electron chi connectivity index (χ3n) is 3.11. The van der Waals surface area contributed by atoms with Gasteiger partial charge in [0.15, 0.2) is 0 Å². The van der Waals surface area contributed by atoms with Crippen molar-refractivity contribution < 1.29 is 23.0 Å². The first-order chi connectivity index (χ1) is 9.72. The van der Waals surface area contributed by atoms with Crippen LogP contribution in [0.5, 0.6) is 0 Å². The van der Waals surface area contributed by atoms with Crippen LogP contribution >= 0.6 is 0 Å². The molecular weight excluding hydrogens is 280 g/mol. The van der Waals surface area contributed by atoms with Crippen molar-refractivity contribution in [2.75, 3.05) is 13.2 Å². The standard InChI is InChI=1S/C15H19F2NO3/c1-14(2,3)21-13(19)18-7-6-15(9-20-15)11-8-10(16)4-5-12(11)17/h4-5,8H,6-7,9H2,1-3H3,(H,18,19). The molecule has 21 heavy (non-hydrogen) atoms. The zero-order valence-electron chi connectivity index (χ0n) is 12.3. The predicted molar refractivity (Wildman–Crippen MR) is 72.8 cm³/mol. The summed E-state index contributed by atoms with van der Waals surface area (Å²) in [4.78, 5) is 11.5. The van der Waals surface area contributed by atoms with Gasteiger partial charge in [0.05, 0.1) is 6.61 Å². The van der Waals surface area contributed by atoms with E-state index in [-0.39, 0.29) is 12.1 Å². The van der Waals surface area contributed by atoms with Crippen LogP contribution in [0.2, 0.25) is 0 Å². The number of hydrogen-bond acceptors (Lipinski definition) is 3. The molecular formula is C15H19F2NO3. The van der Waals surface area contributed by atoms with E-state index in [2.05, 4.69) is 5.32 Å². The van der Waals surface area contributed by atoms with Gasteiger partial charge < -0.3 is 14.8 Å². The highest BCUT2D eigenvalue weighted by atomic mass is 19.1. The Balaban J connectivity index is 1.91. The van der Waals surface area contributed by atoms with E-state index in [9.17, 15) is 13.6 Å². The van der Waals surface area contributed by atoms with Crippen LogP contribution in [0, 0.1) is 11.6 Å². The van der Waals surface area contributed by atoms with Gasteiger partial charge in [-0.25, -0.2) is 13.6 Å². The molecule has 2 rings (SSSR count). The zero-order chi connectivity index (χ0) is 15.7. The molecule has 0 aromatic heterocycles. The SMILES string of the molecule is CC(C)(C)OC(=O)NCCC1(c2cc(F)ccc2F)CO1. The Morgan fingerprint density at radius 1 is 1.43 bits per heavy atom. The molecule has 0 saturated carbocycles. The monoisotopic (exact) mass is 299 g/mol. The summed E-state index contributed by atoms with van der Waals surface area (Å²) in [5, 5.41) is 2.58. The van der Waals surface area contributed by atoms with Crippen molar-refractivity contribution in [1.29, 1.82) is 0 Å². The zero-order valence-corrected chi connectivity index (χ0v) is 12.3. The lowest BCUT2D eigenvalue weighted by atomic mass is 9.96. The molecule has 4 nitrogen and oxygen atoms in total. The van der Waals surface area contributed by atoms with Crippen molar-refractivity contribution in [3.8, 4) is 0 Å².